The summed E-state index contributed by atoms with van der Waals surface area (Å²) in [5.41, 5.74) is 3.65. The second kappa shape index (κ2) is 5.37. The zero-order chi connectivity index (χ0) is 15.3. The highest BCUT2D eigenvalue weighted by atomic mass is 15.0. The Morgan fingerprint density at radius 1 is 1.00 bits per heavy atom. The molecule has 0 spiro atoms. The zero-order valence-corrected chi connectivity index (χ0v) is 14.5. The number of hydrogen-bond donors (Lipinski definition) is 0. The molecule has 0 heterocycles. The van der Waals surface area contributed by atoms with Gasteiger partial charge in [-0.25, -0.2) is 0 Å². The first-order valence-electron chi connectivity index (χ1n) is 9.27. The van der Waals surface area contributed by atoms with E-state index in [1.54, 1.807) is 12.0 Å². The van der Waals surface area contributed by atoms with Crippen LogP contribution in [0.3, 0.4) is 0 Å². The van der Waals surface area contributed by atoms with Gasteiger partial charge in [0.25, 0.3) is 0 Å². The van der Waals surface area contributed by atoms with Crippen molar-refractivity contribution >= 4 is 0 Å². The van der Waals surface area contributed by atoms with Gasteiger partial charge in [0.05, 0.1) is 0 Å². The Labute approximate surface area is 136 Å². The van der Waals surface area contributed by atoms with Crippen LogP contribution in [0.4, 0.5) is 0 Å². The van der Waals surface area contributed by atoms with Crippen LogP contribution in [0.15, 0.2) is 24.3 Å². The van der Waals surface area contributed by atoms with Gasteiger partial charge in [-0.3, -0.25) is 0 Å². The van der Waals surface area contributed by atoms with E-state index in [9.17, 15) is 0 Å². The summed E-state index contributed by atoms with van der Waals surface area (Å²) in [4.78, 5) is 2.39. The summed E-state index contributed by atoms with van der Waals surface area (Å²) < 4.78 is 0. The summed E-state index contributed by atoms with van der Waals surface area (Å²) in [6.45, 7) is 3.47. The lowest BCUT2D eigenvalue weighted by atomic mass is 9.43. The van der Waals surface area contributed by atoms with Crippen LogP contribution >= 0.6 is 0 Å². The average molecular weight is 297 g/mol. The summed E-state index contributed by atoms with van der Waals surface area (Å²) in [6, 6.07) is 9.55. The molecule has 22 heavy (non-hydrogen) atoms. The quantitative estimate of drug-likeness (QED) is 0.767. The highest BCUT2D eigenvalue weighted by Crippen LogP contribution is 2.67. The fraction of sp³-hybridized carbons (Fsp3) is 0.714. The molecule has 4 fully saturated rings. The summed E-state index contributed by atoms with van der Waals surface area (Å²) in [6.07, 6.45) is 8.99. The van der Waals surface area contributed by atoms with Gasteiger partial charge < -0.3 is 4.90 Å². The first kappa shape index (κ1) is 14.8. The molecular formula is C21H31N. The predicted octanol–water partition coefficient (Wildman–Crippen LogP) is 4.86. The molecule has 0 amide bonds. The highest BCUT2D eigenvalue weighted by Gasteiger charge is 2.56. The normalized spacial score (nSPS) is 39.6. The predicted molar refractivity (Wildman–Crippen MR) is 93.1 cm³/mol. The van der Waals surface area contributed by atoms with Crippen molar-refractivity contribution in [1.82, 2.24) is 4.90 Å². The van der Waals surface area contributed by atoms with Gasteiger partial charge >= 0.3 is 0 Å². The Morgan fingerprint density at radius 3 is 2.23 bits per heavy atom. The zero-order valence-electron chi connectivity index (χ0n) is 14.5. The van der Waals surface area contributed by atoms with Crippen molar-refractivity contribution in [2.24, 2.45) is 23.2 Å². The summed E-state index contributed by atoms with van der Waals surface area (Å²) in [5.74, 6) is 3.89. The van der Waals surface area contributed by atoms with Gasteiger partial charge in [-0.05, 0) is 101 Å². The lowest BCUT2D eigenvalue weighted by Gasteiger charge is -2.62. The first-order chi connectivity index (χ1) is 10.6. The van der Waals surface area contributed by atoms with Crippen LogP contribution in [0.5, 0.6) is 0 Å². The second-order valence-electron chi connectivity index (χ2n) is 8.91. The van der Waals surface area contributed by atoms with Crippen molar-refractivity contribution in [2.45, 2.75) is 51.4 Å². The molecule has 1 aromatic carbocycles. The fourth-order valence-electron chi connectivity index (χ4n) is 6.41. The average Bonchev–Trinajstić information content (AvgIpc) is 2.46. The molecule has 0 aromatic heterocycles. The van der Waals surface area contributed by atoms with Gasteiger partial charge in [0.2, 0.25) is 0 Å². The van der Waals surface area contributed by atoms with Crippen molar-refractivity contribution in [3.63, 3.8) is 0 Å². The van der Waals surface area contributed by atoms with Gasteiger partial charge in [0.1, 0.15) is 0 Å². The minimum absolute atomic E-state index is 0.605. The van der Waals surface area contributed by atoms with E-state index in [0.29, 0.717) is 5.41 Å². The Morgan fingerprint density at radius 2 is 1.64 bits per heavy atom. The monoisotopic (exact) mass is 297 g/mol. The van der Waals surface area contributed by atoms with E-state index < -0.39 is 0 Å². The van der Waals surface area contributed by atoms with Crippen LogP contribution in [0.2, 0.25) is 0 Å². The third-order valence-corrected chi connectivity index (χ3v) is 6.95. The van der Waals surface area contributed by atoms with E-state index in [4.69, 9.17) is 0 Å². The van der Waals surface area contributed by atoms with Gasteiger partial charge in [-0.15, -0.1) is 0 Å². The molecule has 0 saturated heterocycles. The number of rotatable bonds is 4. The van der Waals surface area contributed by atoms with Crippen molar-refractivity contribution in [1.29, 1.82) is 0 Å². The molecule has 1 heteroatoms. The molecule has 4 saturated carbocycles. The fourth-order valence-corrected chi connectivity index (χ4v) is 6.41. The molecule has 4 bridgehead atoms. The van der Waals surface area contributed by atoms with Crippen LogP contribution in [-0.2, 0) is 0 Å². The number of benzene rings is 1. The lowest BCUT2D eigenvalue weighted by molar-refractivity contribution is -0.0822. The van der Waals surface area contributed by atoms with E-state index in [2.05, 4.69) is 50.2 Å². The minimum atomic E-state index is 0.605. The molecule has 0 radical (unpaired) electrons. The Balaban J connectivity index is 1.68. The summed E-state index contributed by atoms with van der Waals surface area (Å²) >= 11 is 0. The molecular weight excluding hydrogens is 266 g/mol. The third kappa shape index (κ3) is 2.42. The maximum Gasteiger partial charge on any atom is -0.00193 e. The smallest absolute Gasteiger partial charge is 0.00193 e. The molecule has 0 aliphatic heterocycles. The van der Waals surface area contributed by atoms with Crippen LogP contribution < -0.4 is 0 Å². The highest BCUT2D eigenvalue weighted by molar-refractivity contribution is 5.30. The number of hydrogen-bond acceptors (Lipinski definition) is 1. The molecule has 4 aliphatic rings. The van der Waals surface area contributed by atoms with E-state index in [1.807, 2.05) is 0 Å². The molecule has 120 valence electrons. The van der Waals surface area contributed by atoms with E-state index in [0.717, 1.165) is 23.7 Å². The van der Waals surface area contributed by atoms with Crippen LogP contribution in [0.1, 0.15) is 55.6 Å². The number of aryl methyl sites for hydroxylation is 1. The van der Waals surface area contributed by atoms with Crippen LogP contribution in [-0.4, -0.2) is 25.5 Å². The van der Waals surface area contributed by atoms with Gasteiger partial charge in [0, 0.05) is 0 Å². The Bertz CT molecular complexity index is 515. The van der Waals surface area contributed by atoms with Crippen molar-refractivity contribution in [3.8, 4) is 0 Å². The summed E-state index contributed by atoms with van der Waals surface area (Å²) in [5, 5.41) is 0. The van der Waals surface area contributed by atoms with Crippen molar-refractivity contribution < 1.29 is 0 Å². The largest absolute Gasteiger partial charge is 0.309 e. The molecule has 3 unspecified atom stereocenters. The molecule has 3 atom stereocenters. The standard InChI is InChI=1S/C21H31N/c1-15-4-6-18(7-5-15)20-19-11-16-10-17(12-19)14-21(20,13-16)8-9-22(2)3/h4-7,16-17,19-20H,8-14H2,1-3H3. The van der Waals surface area contributed by atoms with E-state index in [1.165, 1.54) is 44.2 Å². The number of nitrogens with zero attached hydrogens (tertiary/aromatic N) is 1. The van der Waals surface area contributed by atoms with E-state index >= 15 is 0 Å². The van der Waals surface area contributed by atoms with Crippen LogP contribution in [0, 0.1) is 30.1 Å². The van der Waals surface area contributed by atoms with Gasteiger partial charge in [-0.1, -0.05) is 29.8 Å². The van der Waals surface area contributed by atoms with Gasteiger partial charge in [-0.2, -0.15) is 0 Å². The maximum atomic E-state index is 2.44. The molecule has 0 N–H and O–H groups in total. The molecule has 5 rings (SSSR count). The van der Waals surface area contributed by atoms with Gasteiger partial charge in [0.15, 0.2) is 0 Å². The second-order valence-corrected chi connectivity index (χ2v) is 8.91. The molecule has 1 aromatic rings. The third-order valence-electron chi connectivity index (χ3n) is 6.95. The first-order valence-corrected chi connectivity index (χ1v) is 9.27. The van der Waals surface area contributed by atoms with Crippen molar-refractivity contribution in [2.75, 3.05) is 20.6 Å². The summed E-state index contributed by atoms with van der Waals surface area (Å²) in [7, 11) is 4.47. The SMILES string of the molecule is Cc1ccc(C2C3CC4CC(C3)CC2(CCN(C)C)C4)cc1. The Hall–Kier alpha value is -0.820. The molecule has 1 nitrogen and oxygen atoms in total. The topological polar surface area (TPSA) is 3.24 Å². The maximum absolute atomic E-state index is 2.44. The Kier molecular flexibility index (Phi) is 3.60. The van der Waals surface area contributed by atoms with Crippen molar-refractivity contribution in [3.05, 3.63) is 35.4 Å². The lowest BCUT2D eigenvalue weighted by Crippen LogP contribution is -2.52. The minimum Gasteiger partial charge on any atom is -0.309 e. The van der Waals surface area contributed by atoms with Crippen LogP contribution in [0.25, 0.3) is 0 Å². The molecule has 4 aliphatic carbocycles. The van der Waals surface area contributed by atoms with E-state index in [-0.39, 0.29) is 0 Å².